The highest BCUT2D eigenvalue weighted by Gasteiger charge is 2.50. The fourth-order valence-corrected chi connectivity index (χ4v) is 4.37. The standard InChI is InChI=1S/C18H24N2/c1-2-3-10-20-18(13-19)16-8-9-17(18)12-15-7-5-4-6-14(15)11-16/h1,4-7,16-17,20H,3,8-13,19H2. The molecule has 0 aromatic heterocycles. The van der Waals surface area contributed by atoms with Crippen molar-refractivity contribution in [3.63, 3.8) is 0 Å². The van der Waals surface area contributed by atoms with E-state index in [0.29, 0.717) is 11.8 Å². The molecule has 1 saturated carbocycles. The van der Waals surface area contributed by atoms with E-state index in [9.17, 15) is 0 Å². The summed E-state index contributed by atoms with van der Waals surface area (Å²) < 4.78 is 0. The summed E-state index contributed by atoms with van der Waals surface area (Å²) in [5.74, 6) is 4.03. The van der Waals surface area contributed by atoms with E-state index in [1.807, 2.05) is 0 Å². The van der Waals surface area contributed by atoms with Gasteiger partial charge in [0.1, 0.15) is 0 Å². The van der Waals surface area contributed by atoms with Crippen molar-refractivity contribution in [2.45, 2.75) is 37.6 Å². The summed E-state index contributed by atoms with van der Waals surface area (Å²) in [6.45, 7) is 1.61. The first-order valence-corrected chi connectivity index (χ1v) is 7.75. The summed E-state index contributed by atoms with van der Waals surface area (Å²) in [5, 5.41) is 3.76. The van der Waals surface area contributed by atoms with Gasteiger partial charge < -0.3 is 11.1 Å². The first kappa shape index (κ1) is 13.7. The van der Waals surface area contributed by atoms with Gasteiger partial charge in [0.25, 0.3) is 0 Å². The Morgan fingerprint density at radius 2 is 1.80 bits per heavy atom. The molecule has 2 nitrogen and oxygen atoms in total. The molecule has 0 aliphatic heterocycles. The van der Waals surface area contributed by atoms with Gasteiger partial charge in [-0.05, 0) is 48.6 Å². The first-order valence-electron chi connectivity index (χ1n) is 7.75. The second kappa shape index (κ2) is 5.60. The summed E-state index contributed by atoms with van der Waals surface area (Å²) in [4.78, 5) is 0. The van der Waals surface area contributed by atoms with Gasteiger partial charge >= 0.3 is 0 Å². The summed E-state index contributed by atoms with van der Waals surface area (Å²) in [6, 6.07) is 8.90. The van der Waals surface area contributed by atoms with E-state index in [-0.39, 0.29) is 5.54 Å². The molecule has 0 spiro atoms. The van der Waals surface area contributed by atoms with Gasteiger partial charge in [0, 0.05) is 25.0 Å². The number of rotatable bonds is 4. The third-order valence-electron chi connectivity index (χ3n) is 5.43. The molecule has 20 heavy (non-hydrogen) atoms. The maximum atomic E-state index is 6.23. The molecule has 0 saturated heterocycles. The van der Waals surface area contributed by atoms with Crippen LogP contribution in [0.5, 0.6) is 0 Å². The van der Waals surface area contributed by atoms with Crippen LogP contribution in [-0.2, 0) is 12.8 Å². The van der Waals surface area contributed by atoms with Crippen LogP contribution >= 0.6 is 0 Å². The van der Waals surface area contributed by atoms with Crippen LogP contribution in [0.25, 0.3) is 0 Å². The third-order valence-corrected chi connectivity index (χ3v) is 5.43. The van der Waals surface area contributed by atoms with Crippen LogP contribution in [0, 0.1) is 24.2 Å². The zero-order chi connectivity index (χ0) is 14.0. The predicted octanol–water partition coefficient (Wildman–Crippen LogP) is 2.12. The van der Waals surface area contributed by atoms with Gasteiger partial charge in [0.2, 0.25) is 0 Å². The number of nitrogens with one attached hydrogen (secondary N) is 1. The largest absolute Gasteiger partial charge is 0.329 e. The molecular weight excluding hydrogens is 244 g/mol. The number of hydrogen-bond acceptors (Lipinski definition) is 2. The van der Waals surface area contributed by atoms with Gasteiger partial charge in [-0.15, -0.1) is 12.3 Å². The Hall–Kier alpha value is -1.30. The van der Waals surface area contributed by atoms with E-state index in [1.54, 1.807) is 0 Å². The van der Waals surface area contributed by atoms with Crippen molar-refractivity contribution in [3.8, 4) is 12.3 Å². The monoisotopic (exact) mass is 268 g/mol. The van der Waals surface area contributed by atoms with E-state index in [4.69, 9.17) is 12.2 Å². The molecular formula is C18H24N2. The van der Waals surface area contributed by atoms with Crippen molar-refractivity contribution in [3.05, 3.63) is 35.4 Å². The molecule has 1 fully saturated rings. The minimum absolute atomic E-state index is 0.0931. The zero-order valence-electron chi connectivity index (χ0n) is 12.1. The Bertz CT molecular complexity index is 481. The summed E-state index contributed by atoms with van der Waals surface area (Å²) in [5.41, 5.74) is 9.37. The maximum Gasteiger partial charge on any atom is 0.0367 e. The van der Waals surface area contributed by atoms with Crippen LogP contribution in [0.4, 0.5) is 0 Å². The second-order valence-electron chi connectivity index (χ2n) is 6.27. The van der Waals surface area contributed by atoms with Crippen LogP contribution in [0.1, 0.15) is 30.4 Å². The molecule has 2 aliphatic carbocycles. The highest BCUT2D eigenvalue weighted by Crippen LogP contribution is 2.46. The van der Waals surface area contributed by atoms with Gasteiger partial charge in [-0.3, -0.25) is 0 Å². The molecule has 106 valence electrons. The number of terminal acetylenes is 1. The minimum atomic E-state index is 0.0931. The Labute approximate surface area is 122 Å². The fraction of sp³-hybridized carbons (Fsp3) is 0.556. The number of nitrogens with two attached hydrogens (primary N) is 1. The average Bonchev–Trinajstić information content (AvgIpc) is 2.71. The topological polar surface area (TPSA) is 38.0 Å². The lowest BCUT2D eigenvalue weighted by atomic mass is 9.78. The van der Waals surface area contributed by atoms with Crippen molar-refractivity contribution in [1.29, 1.82) is 0 Å². The van der Waals surface area contributed by atoms with Gasteiger partial charge in [0.15, 0.2) is 0 Å². The molecule has 3 N–H and O–H groups in total. The number of benzene rings is 1. The Kier molecular flexibility index (Phi) is 3.83. The second-order valence-corrected chi connectivity index (χ2v) is 6.27. The molecule has 1 aromatic rings. The highest BCUT2D eigenvalue weighted by molar-refractivity contribution is 5.32. The molecule has 0 radical (unpaired) electrons. The van der Waals surface area contributed by atoms with E-state index in [0.717, 1.165) is 32.4 Å². The average molecular weight is 268 g/mol. The van der Waals surface area contributed by atoms with Gasteiger partial charge in [0.05, 0.1) is 0 Å². The van der Waals surface area contributed by atoms with E-state index < -0.39 is 0 Å². The molecule has 2 unspecified atom stereocenters. The van der Waals surface area contributed by atoms with Crippen molar-refractivity contribution >= 4 is 0 Å². The summed E-state index contributed by atoms with van der Waals surface area (Å²) in [6.07, 6.45) is 11.1. The van der Waals surface area contributed by atoms with Gasteiger partial charge in [-0.1, -0.05) is 24.3 Å². The van der Waals surface area contributed by atoms with E-state index in [1.165, 1.54) is 24.0 Å². The van der Waals surface area contributed by atoms with Crippen LogP contribution in [-0.4, -0.2) is 18.6 Å². The molecule has 2 heteroatoms. The van der Waals surface area contributed by atoms with Crippen LogP contribution in [0.15, 0.2) is 24.3 Å². The molecule has 2 bridgehead atoms. The first-order chi connectivity index (χ1) is 9.80. The normalized spacial score (nSPS) is 31.4. The summed E-state index contributed by atoms with van der Waals surface area (Å²) in [7, 11) is 0. The quantitative estimate of drug-likeness (QED) is 0.648. The fourth-order valence-electron chi connectivity index (χ4n) is 4.37. The van der Waals surface area contributed by atoms with Crippen molar-refractivity contribution in [1.82, 2.24) is 5.32 Å². The van der Waals surface area contributed by atoms with Crippen LogP contribution in [0.2, 0.25) is 0 Å². The molecule has 2 atom stereocenters. The van der Waals surface area contributed by atoms with Crippen LogP contribution in [0.3, 0.4) is 0 Å². The number of hydrogen-bond donors (Lipinski definition) is 2. The SMILES string of the molecule is C#CCCNC1(CN)C2CCC1Cc1ccccc1C2. The lowest BCUT2D eigenvalue weighted by Gasteiger charge is -2.39. The predicted molar refractivity (Wildman–Crippen MR) is 83.3 cm³/mol. The highest BCUT2D eigenvalue weighted by atomic mass is 15.0. The lowest BCUT2D eigenvalue weighted by Crippen LogP contribution is -2.58. The summed E-state index contributed by atoms with van der Waals surface area (Å²) >= 11 is 0. The third kappa shape index (κ3) is 2.16. The molecule has 3 rings (SSSR count). The minimum Gasteiger partial charge on any atom is -0.329 e. The maximum absolute atomic E-state index is 6.23. The lowest BCUT2D eigenvalue weighted by molar-refractivity contribution is 0.196. The molecule has 0 heterocycles. The number of fused-ring (bicyclic) bond motifs is 3. The van der Waals surface area contributed by atoms with Gasteiger partial charge in [-0.25, -0.2) is 0 Å². The molecule has 0 amide bonds. The Morgan fingerprint density at radius 3 is 2.30 bits per heavy atom. The zero-order valence-corrected chi connectivity index (χ0v) is 12.1. The van der Waals surface area contributed by atoms with Crippen molar-refractivity contribution in [2.24, 2.45) is 17.6 Å². The molecule has 2 aliphatic rings. The molecule has 1 aromatic carbocycles. The van der Waals surface area contributed by atoms with Crippen LogP contribution < -0.4 is 11.1 Å². The van der Waals surface area contributed by atoms with Crippen molar-refractivity contribution < 1.29 is 0 Å². The van der Waals surface area contributed by atoms with Gasteiger partial charge in [-0.2, -0.15) is 0 Å². The van der Waals surface area contributed by atoms with Crippen molar-refractivity contribution in [2.75, 3.05) is 13.1 Å². The Balaban J connectivity index is 1.89. The van der Waals surface area contributed by atoms with E-state index in [2.05, 4.69) is 35.5 Å². The smallest absolute Gasteiger partial charge is 0.0367 e. The Morgan fingerprint density at radius 1 is 1.20 bits per heavy atom. The van der Waals surface area contributed by atoms with E-state index >= 15 is 0 Å².